The van der Waals surface area contributed by atoms with E-state index in [1.807, 2.05) is 24.3 Å². The first kappa shape index (κ1) is 21.3. The highest BCUT2D eigenvalue weighted by atomic mass is 16.6. The molecule has 0 heterocycles. The van der Waals surface area contributed by atoms with E-state index in [4.69, 9.17) is 14.7 Å². The van der Waals surface area contributed by atoms with E-state index in [9.17, 15) is 14.9 Å². The average Bonchev–Trinajstić information content (AvgIpc) is 2.79. The van der Waals surface area contributed by atoms with Crippen LogP contribution in [-0.2, 0) is 4.79 Å². The van der Waals surface area contributed by atoms with Crippen LogP contribution >= 0.6 is 0 Å². The molecule has 3 rings (SSSR count). The van der Waals surface area contributed by atoms with E-state index >= 15 is 0 Å². The molecule has 0 aromatic heterocycles. The number of hydrogen-bond donors (Lipinski definition) is 1. The van der Waals surface area contributed by atoms with Gasteiger partial charge < -0.3 is 14.8 Å². The molecule has 0 aliphatic rings. The third-order valence-electron chi connectivity index (χ3n) is 4.57. The Morgan fingerprint density at radius 2 is 1.71 bits per heavy atom. The van der Waals surface area contributed by atoms with Crippen LogP contribution < -0.4 is 14.8 Å². The number of anilines is 1. The third kappa shape index (κ3) is 5.16. The molecule has 0 bridgehead atoms. The number of ether oxygens (including phenoxy) is 2. The topological polar surface area (TPSA) is 114 Å². The molecule has 1 N–H and O–H groups in total. The van der Waals surface area contributed by atoms with Crippen LogP contribution in [0.25, 0.3) is 11.1 Å². The molecule has 1 amide bonds. The zero-order valence-electron chi connectivity index (χ0n) is 16.9. The summed E-state index contributed by atoms with van der Waals surface area (Å²) in [6.45, 7) is 1.43. The Morgan fingerprint density at radius 3 is 2.26 bits per heavy atom. The molecule has 0 spiro atoms. The van der Waals surface area contributed by atoms with Crippen molar-refractivity contribution >= 4 is 17.3 Å². The van der Waals surface area contributed by atoms with Crippen LogP contribution in [0.15, 0.2) is 60.7 Å². The predicted octanol–water partition coefficient (Wildman–Crippen LogP) is 4.47. The molecule has 3 aromatic rings. The molecule has 0 aliphatic carbocycles. The zero-order chi connectivity index (χ0) is 22.4. The van der Waals surface area contributed by atoms with Gasteiger partial charge in [0.05, 0.1) is 23.7 Å². The Kier molecular flexibility index (Phi) is 6.48. The summed E-state index contributed by atoms with van der Waals surface area (Å²) < 4.78 is 10.6. The van der Waals surface area contributed by atoms with Gasteiger partial charge in [0, 0.05) is 17.8 Å². The van der Waals surface area contributed by atoms with E-state index in [2.05, 4.69) is 11.4 Å². The summed E-state index contributed by atoms with van der Waals surface area (Å²) in [5, 5.41) is 22.6. The lowest BCUT2D eigenvalue weighted by Gasteiger charge is -2.12. The van der Waals surface area contributed by atoms with Gasteiger partial charge in [0.15, 0.2) is 12.4 Å². The lowest BCUT2D eigenvalue weighted by Crippen LogP contribution is -2.20. The standard InChI is InChI=1S/C23H19N3O5/c1-15-11-21(26(28)29)22(30-2)12-20(15)25-23(27)14-31-19-9-7-18(8-10-19)17-5-3-16(13-24)4-6-17/h3-12H,14H2,1-2H3,(H,25,27). The van der Waals surface area contributed by atoms with Crippen molar-refractivity contribution in [2.24, 2.45) is 0 Å². The predicted molar refractivity (Wildman–Crippen MR) is 115 cm³/mol. The van der Waals surface area contributed by atoms with Crippen LogP contribution in [0.1, 0.15) is 11.1 Å². The number of methoxy groups -OCH3 is 1. The summed E-state index contributed by atoms with van der Waals surface area (Å²) in [6, 6.07) is 19.3. The van der Waals surface area contributed by atoms with Crippen molar-refractivity contribution in [3.05, 3.63) is 81.9 Å². The molecule has 0 aliphatic heterocycles. The maximum absolute atomic E-state index is 12.3. The summed E-state index contributed by atoms with van der Waals surface area (Å²) in [5.74, 6) is 0.172. The van der Waals surface area contributed by atoms with Crippen molar-refractivity contribution in [1.82, 2.24) is 0 Å². The number of nitro groups is 1. The third-order valence-corrected chi connectivity index (χ3v) is 4.57. The van der Waals surface area contributed by atoms with E-state index in [0.717, 1.165) is 11.1 Å². The highest BCUT2D eigenvalue weighted by molar-refractivity contribution is 5.93. The first-order valence-electron chi connectivity index (χ1n) is 9.27. The number of carbonyl (C=O) groups excluding carboxylic acids is 1. The van der Waals surface area contributed by atoms with Gasteiger partial charge in [-0.15, -0.1) is 0 Å². The Hall–Kier alpha value is -4.38. The minimum atomic E-state index is -0.540. The summed E-state index contributed by atoms with van der Waals surface area (Å²) in [4.78, 5) is 22.8. The molecule has 0 fully saturated rings. The van der Waals surface area contributed by atoms with Gasteiger partial charge in [0.25, 0.3) is 5.91 Å². The van der Waals surface area contributed by atoms with Crippen LogP contribution in [0.5, 0.6) is 11.5 Å². The number of aryl methyl sites for hydroxylation is 1. The van der Waals surface area contributed by atoms with Crippen molar-refractivity contribution in [2.45, 2.75) is 6.92 Å². The molecular formula is C23H19N3O5. The Labute approximate surface area is 178 Å². The number of hydrogen-bond acceptors (Lipinski definition) is 6. The monoisotopic (exact) mass is 417 g/mol. The number of benzene rings is 3. The molecule has 8 heteroatoms. The number of nitrogens with zero attached hydrogens (tertiary/aromatic N) is 2. The SMILES string of the molecule is COc1cc(NC(=O)COc2ccc(-c3ccc(C#N)cc3)cc2)c(C)cc1[N+](=O)[O-]. The molecule has 0 saturated heterocycles. The largest absolute Gasteiger partial charge is 0.490 e. The van der Waals surface area contributed by atoms with Gasteiger partial charge >= 0.3 is 5.69 Å². The quantitative estimate of drug-likeness (QED) is 0.448. The van der Waals surface area contributed by atoms with Gasteiger partial charge in [-0.3, -0.25) is 14.9 Å². The van der Waals surface area contributed by atoms with E-state index in [0.29, 0.717) is 22.6 Å². The molecule has 156 valence electrons. The summed E-state index contributed by atoms with van der Waals surface area (Å²) in [5.41, 5.74) is 3.29. The maximum Gasteiger partial charge on any atom is 0.311 e. The van der Waals surface area contributed by atoms with Gasteiger partial charge in [-0.05, 0) is 47.9 Å². The van der Waals surface area contributed by atoms with Crippen LogP contribution in [0.4, 0.5) is 11.4 Å². The molecule has 0 radical (unpaired) electrons. The van der Waals surface area contributed by atoms with Crippen molar-refractivity contribution in [2.75, 3.05) is 19.0 Å². The van der Waals surface area contributed by atoms with Gasteiger partial charge in [-0.1, -0.05) is 24.3 Å². The fraction of sp³-hybridized carbons (Fsp3) is 0.130. The average molecular weight is 417 g/mol. The first-order valence-corrected chi connectivity index (χ1v) is 9.27. The molecule has 0 atom stereocenters. The van der Waals surface area contributed by atoms with Gasteiger partial charge in [0.1, 0.15) is 5.75 Å². The zero-order valence-corrected chi connectivity index (χ0v) is 16.9. The number of nitro benzene ring substituents is 1. The maximum atomic E-state index is 12.3. The number of rotatable bonds is 7. The van der Waals surface area contributed by atoms with Crippen molar-refractivity contribution in [1.29, 1.82) is 5.26 Å². The molecular weight excluding hydrogens is 398 g/mol. The van der Waals surface area contributed by atoms with Crippen molar-refractivity contribution in [3.8, 4) is 28.7 Å². The lowest BCUT2D eigenvalue weighted by molar-refractivity contribution is -0.385. The van der Waals surface area contributed by atoms with Crippen molar-refractivity contribution < 1.29 is 19.2 Å². The molecule has 0 unspecified atom stereocenters. The van der Waals surface area contributed by atoms with Gasteiger partial charge in [-0.25, -0.2) is 0 Å². The Bertz CT molecular complexity index is 1150. The number of nitriles is 1. The molecule has 8 nitrogen and oxygen atoms in total. The van der Waals surface area contributed by atoms with Gasteiger partial charge in [-0.2, -0.15) is 5.26 Å². The lowest BCUT2D eigenvalue weighted by atomic mass is 10.0. The molecule has 31 heavy (non-hydrogen) atoms. The smallest absolute Gasteiger partial charge is 0.311 e. The van der Waals surface area contributed by atoms with Crippen LogP contribution in [0.3, 0.4) is 0 Å². The Morgan fingerprint density at radius 1 is 1.10 bits per heavy atom. The van der Waals surface area contributed by atoms with Crippen LogP contribution in [0.2, 0.25) is 0 Å². The minimum Gasteiger partial charge on any atom is -0.490 e. The van der Waals surface area contributed by atoms with Gasteiger partial charge in [0.2, 0.25) is 0 Å². The van der Waals surface area contributed by atoms with Crippen LogP contribution in [-0.4, -0.2) is 24.5 Å². The normalized spacial score (nSPS) is 10.1. The fourth-order valence-corrected chi connectivity index (χ4v) is 2.93. The highest BCUT2D eigenvalue weighted by Gasteiger charge is 2.18. The van der Waals surface area contributed by atoms with E-state index in [1.165, 1.54) is 19.2 Å². The second-order valence-corrected chi connectivity index (χ2v) is 6.65. The van der Waals surface area contributed by atoms with Crippen LogP contribution in [0, 0.1) is 28.4 Å². The van der Waals surface area contributed by atoms with Crippen molar-refractivity contribution in [3.63, 3.8) is 0 Å². The molecule has 0 saturated carbocycles. The summed E-state index contributed by atoms with van der Waals surface area (Å²) in [7, 11) is 1.33. The first-order chi connectivity index (χ1) is 14.9. The van der Waals surface area contributed by atoms with E-state index in [-0.39, 0.29) is 18.0 Å². The van der Waals surface area contributed by atoms with E-state index in [1.54, 1.807) is 31.2 Å². The molecule has 3 aromatic carbocycles. The second kappa shape index (κ2) is 9.41. The number of carbonyl (C=O) groups is 1. The summed E-state index contributed by atoms with van der Waals surface area (Å²) in [6.07, 6.45) is 0. The fourth-order valence-electron chi connectivity index (χ4n) is 2.93. The number of nitrogens with one attached hydrogen (secondary N) is 1. The minimum absolute atomic E-state index is 0.0604. The Balaban J connectivity index is 1.62. The number of amides is 1. The summed E-state index contributed by atoms with van der Waals surface area (Å²) >= 11 is 0. The second-order valence-electron chi connectivity index (χ2n) is 6.65. The highest BCUT2D eigenvalue weighted by Crippen LogP contribution is 2.32. The van der Waals surface area contributed by atoms with E-state index < -0.39 is 10.8 Å².